The third-order valence-electron chi connectivity index (χ3n) is 1.86. The predicted octanol–water partition coefficient (Wildman–Crippen LogP) is 1.23. The Bertz CT molecular complexity index is 336. The molecule has 3 heteroatoms. The molecule has 0 aliphatic carbocycles. The summed E-state index contributed by atoms with van der Waals surface area (Å²) in [6, 6.07) is 5.75. The third-order valence-corrected chi connectivity index (χ3v) is 1.86. The second-order valence-electron chi connectivity index (χ2n) is 2.70. The molecule has 12 heavy (non-hydrogen) atoms. The summed E-state index contributed by atoms with van der Waals surface area (Å²) in [5.41, 5.74) is 14.3. The molecule has 0 aliphatic rings. The Morgan fingerprint density at radius 1 is 1.33 bits per heavy atom. The van der Waals surface area contributed by atoms with Crippen LogP contribution in [0.2, 0.25) is 0 Å². The first-order chi connectivity index (χ1) is 5.66. The minimum atomic E-state index is 0.316. The van der Waals surface area contributed by atoms with Crippen molar-refractivity contribution in [1.29, 1.82) is 5.26 Å². The van der Waals surface area contributed by atoms with E-state index in [1.807, 2.05) is 25.1 Å². The molecule has 0 unspecified atom stereocenters. The van der Waals surface area contributed by atoms with Crippen LogP contribution >= 0.6 is 0 Å². The Labute approximate surface area is 71.6 Å². The summed E-state index contributed by atoms with van der Waals surface area (Å²) in [6.07, 6.45) is 0.316. The van der Waals surface area contributed by atoms with E-state index in [4.69, 9.17) is 16.7 Å². The van der Waals surface area contributed by atoms with Crippen molar-refractivity contribution in [2.75, 3.05) is 11.5 Å². The van der Waals surface area contributed by atoms with Crippen LogP contribution in [0.4, 0.5) is 11.4 Å². The molecule has 0 heterocycles. The van der Waals surface area contributed by atoms with E-state index in [-0.39, 0.29) is 0 Å². The van der Waals surface area contributed by atoms with Gasteiger partial charge in [0.05, 0.1) is 23.9 Å². The number of rotatable bonds is 1. The SMILES string of the molecule is Cc1ccc(CC#N)c(N)c1N. The van der Waals surface area contributed by atoms with Gasteiger partial charge in [0, 0.05) is 0 Å². The van der Waals surface area contributed by atoms with Gasteiger partial charge in [0.15, 0.2) is 0 Å². The fourth-order valence-corrected chi connectivity index (χ4v) is 1.03. The van der Waals surface area contributed by atoms with Gasteiger partial charge < -0.3 is 11.5 Å². The van der Waals surface area contributed by atoms with E-state index in [2.05, 4.69) is 0 Å². The standard InChI is InChI=1S/C9H11N3/c1-6-2-3-7(4-5-10)9(12)8(6)11/h2-3H,4,11-12H2,1H3. The third kappa shape index (κ3) is 1.32. The lowest BCUT2D eigenvalue weighted by Gasteiger charge is -2.07. The number of benzene rings is 1. The van der Waals surface area contributed by atoms with Gasteiger partial charge in [-0.25, -0.2) is 0 Å². The molecule has 4 N–H and O–H groups in total. The lowest BCUT2D eigenvalue weighted by atomic mass is 10.1. The van der Waals surface area contributed by atoms with Crippen LogP contribution in [0.3, 0.4) is 0 Å². The highest BCUT2D eigenvalue weighted by atomic mass is 14.7. The zero-order valence-corrected chi connectivity index (χ0v) is 6.96. The number of nitrogen functional groups attached to an aromatic ring is 2. The number of nitriles is 1. The molecule has 0 aromatic heterocycles. The van der Waals surface area contributed by atoms with Crippen molar-refractivity contribution in [3.05, 3.63) is 23.3 Å². The maximum atomic E-state index is 8.46. The minimum absolute atomic E-state index is 0.316. The topological polar surface area (TPSA) is 75.8 Å². The van der Waals surface area contributed by atoms with Crippen molar-refractivity contribution in [1.82, 2.24) is 0 Å². The zero-order valence-electron chi connectivity index (χ0n) is 6.96. The number of hydrogen-bond acceptors (Lipinski definition) is 3. The molecule has 0 bridgehead atoms. The van der Waals surface area contributed by atoms with E-state index in [0.717, 1.165) is 11.1 Å². The van der Waals surface area contributed by atoms with Crippen LogP contribution in [0.5, 0.6) is 0 Å². The van der Waals surface area contributed by atoms with Crippen molar-refractivity contribution in [2.24, 2.45) is 0 Å². The number of aryl methyl sites for hydroxylation is 1. The van der Waals surface area contributed by atoms with Crippen LogP contribution in [0.25, 0.3) is 0 Å². The zero-order chi connectivity index (χ0) is 9.14. The Hall–Kier alpha value is -1.69. The summed E-state index contributed by atoms with van der Waals surface area (Å²) in [4.78, 5) is 0. The van der Waals surface area contributed by atoms with Crippen LogP contribution < -0.4 is 11.5 Å². The molecule has 0 spiro atoms. The van der Waals surface area contributed by atoms with Gasteiger partial charge in [0.2, 0.25) is 0 Å². The first-order valence-corrected chi connectivity index (χ1v) is 3.67. The van der Waals surface area contributed by atoms with Crippen LogP contribution in [-0.4, -0.2) is 0 Å². The smallest absolute Gasteiger partial charge is 0.0670 e. The number of anilines is 2. The molecular weight excluding hydrogens is 150 g/mol. The molecule has 1 rings (SSSR count). The van der Waals surface area contributed by atoms with Crippen molar-refractivity contribution in [3.8, 4) is 6.07 Å². The fraction of sp³-hybridized carbons (Fsp3) is 0.222. The summed E-state index contributed by atoms with van der Waals surface area (Å²) in [5.74, 6) is 0. The second kappa shape index (κ2) is 3.14. The Morgan fingerprint density at radius 3 is 2.58 bits per heavy atom. The summed E-state index contributed by atoms with van der Waals surface area (Å²) < 4.78 is 0. The average molecular weight is 161 g/mol. The summed E-state index contributed by atoms with van der Waals surface area (Å²) in [5, 5.41) is 8.46. The first-order valence-electron chi connectivity index (χ1n) is 3.67. The van der Waals surface area contributed by atoms with Gasteiger partial charge in [-0.2, -0.15) is 5.26 Å². The lowest BCUT2D eigenvalue weighted by molar-refractivity contribution is 1.26. The summed E-state index contributed by atoms with van der Waals surface area (Å²) >= 11 is 0. The monoisotopic (exact) mass is 161 g/mol. The quantitative estimate of drug-likeness (QED) is 0.608. The van der Waals surface area contributed by atoms with Gasteiger partial charge in [-0.1, -0.05) is 12.1 Å². The normalized spacial score (nSPS) is 9.33. The highest BCUT2D eigenvalue weighted by Crippen LogP contribution is 2.23. The van der Waals surface area contributed by atoms with Crippen LogP contribution in [-0.2, 0) is 6.42 Å². The molecular formula is C9H11N3. The maximum absolute atomic E-state index is 8.46. The second-order valence-corrected chi connectivity index (χ2v) is 2.70. The molecule has 0 saturated heterocycles. The minimum Gasteiger partial charge on any atom is -0.397 e. The molecule has 0 amide bonds. The average Bonchev–Trinajstić information content (AvgIpc) is 2.07. The van der Waals surface area contributed by atoms with E-state index in [1.54, 1.807) is 0 Å². The lowest BCUT2D eigenvalue weighted by Crippen LogP contribution is -2.01. The highest BCUT2D eigenvalue weighted by Gasteiger charge is 2.03. The van der Waals surface area contributed by atoms with Crippen LogP contribution in [0.15, 0.2) is 12.1 Å². The Kier molecular flexibility index (Phi) is 2.20. The fourth-order valence-electron chi connectivity index (χ4n) is 1.03. The van der Waals surface area contributed by atoms with Gasteiger partial charge >= 0.3 is 0 Å². The molecule has 0 fully saturated rings. The predicted molar refractivity (Wildman–Crippen MR) is 49.3 cm³/mol. The van der Waals surface area contributed by atoms with Crippen LogP contribution in [0.1, 0.15) is 11.1 Å². The molecule has 0 radical (unpaired) electrons. The van der Waals surface area contributed by atoms with E-state index < -0.39 is 0 Å². The largest absolute Gasteiger partial charge is 0.397 e. The molecule has 1 aromatic rings. The summed E-state index contributed by atoms with van der Waals surface area (Å²) in [6.45, 7) is 1.89. The summed E-state index contributed by atoms with van der Waals surface area (Å²) in [7, 11) is 0. The van der Waals surface area contributed by atoms with Gasteiger partial charge in [-0.3, -0.25) is 0 Å². The molecule has 1 aromatic carbocycles. The molecule has 0 atom stereocenters. The van der Waals surface area contributed by atoms with Gasteiger partial charge in [0.25, 0.3) is 0 Å². The van der Waals surface area contributed by atoms with Gasteiger partial charge in [0.1, 0.15) is 0 Å². The molecule has 0 saturated carbocycles. The van der Waals surface area contributed by atoms with E-state index in [1.165, 1.54) is 0 Å². The molecule has 0 aliphatic heterocycles. The molecule has 62 valence electrons. The van der Waals surface area contributed by atoms with Crippen molar-refractivity contribution >= 4 is 11.4 Å². The highest BCUT2D eigenvalue weighted by molar-refractivity contribution is 5.71. The Balaban J connectivity index is 3.19. The number of nitrogens with zero attached hydrogens (tertiary/aromatic N) is 1. The van der Waals surface area contributed by atoms with Crippen molar-refractivity contribution in [3.63, 3.8) is 0 Å². The van der Waals surface area contributed by atoms with Crippen LogP contribution in [0, 0.1) is 18.3 Å². The van der Waals surface area contributed by atoms with E-state index >= 15 is 0 Å². The maximum Gasteiger partial charge on any atom is 0.0670 e. The Morgan fingerprint density at radius 2 is 2.00 bits per heavy atom. The van der Waals surface area contributed by atoms with Crippen molar-refractivity contribution < 1.29 is 0 Å². The molecule has 3 nitrogen and oxygen atoms in total. The number of nitrogens with two attached hydrogens (primary N) is 2. The van der Waals surface area contributed by atoms with E-state index in [9.17, 15) is 0 Å². The first kappa shape index (κ1) is 8.41. The van der Waals surface area contributed by atoms with E-state index in [0.29, 0.717) is 17.8 Å². The van der Waals surface area contributed by atoms with Gasteiger partial charge in [-0.15, -0.1) is 0 Å². The number of hydrogen-bond donors (Lipinski definition) is 2. The van der Waals surface area contributed by atoms with Crippen molar-refractivity contribution in [2.45, 2.75) is 13.3 Å². The van der Waals surface area contributed by atoms with Gasteiger partial charge in [-0.05, 0) is 18.1 Å².